The van der Waals surface area contributed by atoms with E-state index in [1.807, 2.05) is 48.5 Å². The van der Waals surface area contributed by atoms with Crippen LogP contribution in [0.1, 0.15) is 355 Å². The van der Waals surface area contributed by atoms with Crippen LogP contribution in [0.15, 0.2) is 72.8 Å². The minimum atomic E-state index is -0.979. The van der Waals surface area contributed by atoms with E-state index in [0.29, 0.717) is 48.7 Å². The molecule has 0 heterocycles. The predicted octanol–water partition coefficient (Wildman–Crippen LogP) is 5.34. The van der Waals surface area contributed by atoms with Gasteiger partial charge in [-0.15, -0.1) is 0 Å². The number of phenolic OH excluding ortho intramolecular Hbond substituents is 4. The summed E-state index contributed by atoms with van der Waals surface area (Å²) in [5, 5.41) is 81.9. The fourth-order valence-corrected chi connectivity index (χ4v) is 12.1. The maximum atomic E-state index is 10.3. The number of benzene rings is 4. The molecule has 0 bridgehead atoms. The summed E-state index contributed by atoms with van der Waals surface area (Å²) in [4.78, 5) is 41.4. The molecule has 0 aliphatic rings. The predicted molar refractivity (Wildman–Crippen MR) is 392 cm³/mol. The number of hydrogen-bond acceptors (Lipinski definition) is 12. The van der Waals surface area contributed by atoms with Crippen molar-refractivity contribution in [2.24, 2.45) is 0 Å². The molecule has 4 rings (SSSR count). The van der Waals surface area contributed by atoms with Crippen molar-refractivity contribution in [3.63, 3.8) is 0 Å². The zero-order valence-corrected chi connectivity index (χ0v) is 73.3. The van der Waals surface area contributed by atoms with E-state index in [1.165, 1.54) is 202 Å². The average molecular weight is 1440 g/mol. The van der Waals surface area contributed by atoms with Gasteiger partial charge in [-0.05, 0) is 223 Å². The summed E-state index contributed by atoms with van der Waals surface area (Å²) >= 11 is 0. The van der Waals surface area contributed by atoms with E-state index >= 15 is 0 Å². The maximum Gasteiger partial charge on any atom is 1.00 e. The molecule has 0 radical (unpaired) electrons. The number of aliphatic carboxylic acids is 4. The summed E-state index contributed by atoms with van der Waals surface area (Å²) in [6, 6.07) is 24.1. The topological polar surface area (TPSA) is 273 Å². The third-order valence-electron chi connectivity index (χ3n) is 18.2. The van der Waals surface area contributed by atoms with E-state index in [4.69, 9.17) is 0 Å². The Bertz CT molecular complexity index is 2250. The van der Waals surface area contributed by atoms with E-state index in [0.717, 1.165) is 125 Å². The monoisotopic (exact) mass is 1440 g/mol. The van der Waals surface area contributed by atoms with Crippen molar-refractivity contribution in [2.75, 3.05) is 0 Å². The molecule has 552 valence electrons. The van der Waals surface area contributed by atoms with Gasteiger partial charge in [0.1, 0.15) is 23.0 Å². The fraction of sp³-hybridized carbons (Fsp3) is 0.667. The number of phenols is 4. The first kappa shape index (κ1) is 108. The molecule has 0 aliphatic carbocycles. The minimum absolute atomic E-state index is 0. The fourth-order valence-electron chi connectivity index (χ4n) is 12.1. The summed E-state index contributed by atoms with van der Waals surface area (Å²) < 4.78 is 0. The van der Waals surface area contributed by atoms with Crippen LogP contribution in [0.5, 0.6) is 23.0 Å². The number of rotatable bonds is 56. The number of carbonyl (C=O) groups is 4. The van der Waals surface area contributed by atoms with E-state index in [2.05, 4.69) is 52.0 Å². The first-order chi connectivity index (χ1) is 46.5. The van der Waals surface area contributed by atoms with Gasteiger partial charge < -0.3 is 65.5 Å². The Morgan fingerprint density at radius 3 is 0.545 bits per heavy atom. The molecular formula is C84H134Na4O13. The molecule has 0 saturated carbocycles. The molecule has 0 aromatic heterocycles. The third kappa shape index (κ3) is 64.8. The van der Waals surface area contributed by atoms with Crippen LogP contribution < -0.4 is 139 Å². The number of carboxylic acids is 4. The largest absolute Gasteiger partial charge is 1.00 e. The normalized spacial score (nSPS) is 10.3. The van der Waals surface area contributed by atoms with E-state index in [9.17, 15) is 60.0 Å². The van der Waals surface area contributed by atoms with Gasteiger partial charge in [0.05, 0.1) is 0 Å². The van der Waals surface area contributed by atoms with Crippen molar-refractivity contribution in [2.45, 2.75) is 362 Å². The summed E-state index contributed by atoms with van der Waals surface area (Å²) in [7, 11) is 0. The molecule has 0 atom stereocenters. The van der Waals surface area contributed by atoms with Crippen LogP contribution in [0.25, 0.3) is 0 Å². The van der Waals surface area contributed by atoms with Gasteiger partial charge in [-0.2, -0.15) is 0 Å². The molecule has 17 heteroatoms. The number of carboxylic acid groups (broad SMARTS) is 4. The summed E-state index contributed by atoms with van der Waals surface area (Å²) in [5.41, 5.74) is 8.70. The molecule has 4 aromatic rings. The Hall–Kier alpha value is -2.08. The van der Waals surface area contributed by atoms with Gasteiger partial charge in [-0.1, -0.05) is 256 Å². The zero-order chi connectivity index (χ0) is 70.5. The Morgan fingerprint density at radius 2 is 0.386 bits per heavy atom. The van der Waals surface area contributed by atoms with Gasteiger partial charge in [0.2, 0.25) is 0 Å². The SMILES string of the molecule is CCCCCCCCCc1ccc(CCCCCC(=O)[O-])c(O)c1.CCCCCCCCCc1ccc(CCCCCC(=O)[O-])c(O)c1.CCCCCCCCCc1ccc(CCCCCC(=O)[O-])c(O)c1.CCCCCCCCCc1ccc(CCCCCC(=O)[O-])c(O)c1.O.[Na+].[Na+].[Na+].[Na+]. The van der Waals surface area contributed by atoms with E-state index < -0.39 is 23.9 Å². The van der Waals surface area contributed by atoms with Crippen molar-refractivity contribution < 1.29 is 184 Å². The first-order valence-corrected chi connectivity index (χ1v) is 38.6. The molecule has 0 spiro atoms. The number of aryl methyl sites for hydroxylation is 8. The van der Waals surface area contributed by atoms with Gasteiger partial charge in [0, 0.05) is 23.9 Å². The Kier molecular flexibility index (Phi) is 81.0. The Balaban J connectivity index is -0.000000399. The van der Waals surface area contributed by atoms with Crippen molar-refractivity contribution in [3.05, 3.63) is 117 Å². The van der Waals surface area contributed by atoms with Crippen LogP contribution in [-0.2, 0) is 70.5 Å². The first-order valence-electron chi connectivity index (χ1n) is 38.6. The second-order valence-corrected chi connectivity index (χ2v) is 27.1. The number of unbranched alkanes of at least 4 members (excludes halogenated alkanes) is 32. The van der Waals surface area contributed by atoms with Gasteiger partial charge in [-0.3, -0.25) is 0 Å². The Labute approximate surface area is 702 Å². The number of hydrogen-bond donors (Lipinski definition) is 4. The summed E-state index contributed by atoms with van der Waals surface area (Å²) in [5.74, 6) is -2.38. The van der Waals surface area contributed by atoms with Gasteiger partial charge in [-0.25, -0.2) is 0 Å². The standard InChI is InChI=1S/4C21H34O3.4Na.H2O/c4*1-2-3-4-5-6-7-9-12-18-15-16-19(20(22)17-18)13-10-8-11-14-21(23)24;;;;;/h4*15-17,22H,2-14H2,1H3,(H,23,24);;;;;1H2/q;;;;4*+1;/p-4. The number of carbonyl (C=O) groups excluding carboxylic acids is 4. The molecule has 0 unspecified atom stereocenters. The van der Waals surface area contributed by atoms with Crippen molar-refractivity contribution in [1.82, 2.24) is 0 Å². The minimum Gasteiger partial charge on any atom is -0.550 e. The summed E-state index contributed by atoms with van der Waals surface area (Å²) in [6.07, 6.45) is 54.0. The van der Waals surface area contributed by atoms with Crippen LogP contribution in [0, 0.1) is 0 Å². The molecule has 13 nitrogen and oxygen atoms in total. The van der Waals surface area contributed by atoms with Gasteiger partial charge >= 0.3 is 118 Å². The van der Waals surface area contributed by atoms with Gasteiger partial charge in [0.25, 0.3) is 0 Å². The van der Waals surface area contributed by atoms with E-state index in [-0.39, 0.29) is 149 Å². The average Bonchev–Trinajstić information content (AvgIpc) is 0.913. The molecule has 4 aromatic carbocycles. The molecule has 0 aliphatic heterocycles. The van der Waals surface area contributed by atoms with E-state index in [1.54, 1.807) is 0 Å². The van der Waals surface area contributed by atoms with Gasteiger partial charge in [0.15, 0.2) is 0 Å². The molecule has 0 saturated heterocycles. The quantitative estimate of drug-likeness (QED) is 0.0322. The second-order valence-electron chi connectivity index (χ2n) is 27.1. The number of aromatic hydroxyl groups is 4. The van der Waals surface area contributed by atoms with Crippen LogP contribution in [-0.4, -0.2) is 49.8 Å². The Morgan fingerprint density at radius 1 is 0.238 bits per heavy atom. The molecular weight excluding hydrogens is 1310 g/mol. The van der Waals surface area contributed by atoms with Crippen LogP contribution in [0.2, 0.25) is 0 Å². The van der Waals surface area contributed by atoms with Crippen molar-refractivity contribution in [1.29, 1.82) is 0 Å². The second kappa shape index (κ2) is 76.1. The molecule has 6 N–H and O–H groups in total. The maximum absolute atomic E-state index is 10.3. The smallest absolute Gasteiger partial charge is 0.550 e. The molecule has 0 fully saturated rings. The van der Waals surface area contributed by atoms with Crippen LogP contribution in [0.4, 0.5) is 0 Å². The molecule has 101 heavy (non-hydrogen) atoms. The molecule has 0 amide bonds. The van der Waals surface area contributed by atoms with Crippen LogP contribution in [0.3, 0.4) is 0 Å². The zero-order valence-electron chi connectivity index (χ0n) is 65.3. The third-order valence-corrected chi connectivity index (χ3v) is 18.2. The van der Waals surface area contributed by atoms with Crippen molar-refractivity contribution >= 4 is 23.9 Å². The summed E-state index contributed by atoms with van der Waals surface area (Å²) in [6.45, 7) is 8.96. The van der Waals surface area contributed by atoms with Crippen molar-refractivity contribution in [3.8, 4) is 23.0 Å². The van der Waals surface area contributed by atoms with Crippen LogP contribution >= 0.6 is 0 Å².